The molecule has 2 aromatic rings. The Bertz CT molecular complexity index is 839. The Morgan fingerprint density at radius 3 is 2.35 bits per heavy atom. The molecule has 0 bridgehead atoms. The van der Waals surface area contributed by atoms with Crippen LogP contribution in [0.5, 0.6) is 5.75 Å². The number of hydrogen-bond acceptors (Lipinski definition) is 4. The standard InChI is InChI=1S/C24H31ClFN3O2/c1-18(2)24(19-7-9-20(26)10-8-19)27-23(30)17-29-13-11-28(12-14-29)15-16-31-22-6-4-3-5-21(22)25/h3-10,18,24H,11-17H2,1-2H3,(H,27,30). The van der Waals surface area contributed by atoms with E-state index in [0.717, 1.165) is 38.3 Å². The highest BCUT2D eigenvalue weighted by molar-refractivity contribution is 6.32. The van der Waals surface area contributed by atoms with Crippen LogP contribution < -0.4 is 10.1 Å². The number of benzene rings is 2. The molecule has 1 aliphatic heterocycles. The number of amides is 1. The van der Waals surface area contributed by atoms with E-state index in [-0.39, 0.29) is 23.7 Å². The van der Waals surface area contributed by atoms with Crippen molar-refractivity contribution in [2.24, 2.45) is 5.92 Å². The zero-order valence-electron chi connectivity index (χ0n) is 18.2. The normalized spacial score (nSPS) is 16.3. The lowest BCUT2D eigenvalue weighted by Gasteiger charge is -2.34. The number of halogens is 2. The highest BCUT2D eigenvalue weighted by atomic mass is 35.5. The molecule has 1 amide bonds. The van der Waals surface area contributed by atoms with E-state index in [1.54, 1.807) is 12.1 Å². The van der Waals surface area contributed by atoms with Crippen LogP contribution in [-0.4, -0.2) is 61.6 Å². The number of carbonyl (C=O) groups excluding carboxylic acids is 1. The molecule has 1 aliphatic rings. The summed E-state index contributed by atoms with van der Waals surface area (Å²) in [6, 6.07) is 13.7. The van der Waals surface area contributed by atoms with Crippen molar-refractivity contribution in [3.8, 4) is 5.75 Å². The number of carbonyl (C=O) groups is 1. The molecule has 31 heavy (non-hydrogen) atoms. The molecule has 5 nitrogen and oxygen atoms in total. The van der Waals surface area contributed by atoms with Gasteiger partial charge < -0.3 is 10.1 Å². The van der Waals surface area contributed by atoms with Gasteiger partial charge in [0.05, 0.1) is 17.6 Å². The van der Waals surface area contributed by atoms with E-state index in [9.17, 15) is 9.18 Å². The van der Waals surface area contributed by atoms with Gasteiger partial charge in [0.2, 0.25) is 5.91 Å². The van der Waals surface area contributed by atoms with E-state index in [4.69, 9.17) is 16.3 Å². The summed E-state index contributed by atoms with van der Waals surface area (Å²) in [5.41, 5.74) is 0.924. The molecule has 0 radical (unpaired) electrons. The summed E-state index contributed by atoms with van der Waals surface area (Å²) in [5, 5.41) is 3.74. The third-order valence-electron chi connectivity index (χ3n) is 5.55. The van der Waals surface area contributed by atoms with E-state index >= 15 is 0 Å². The smallest absolute Gasteiger partial charge is 0.234 e. The highest BCUT2D eigenvalue weighted by Gasteiger charge is 2.22. The molecule has 1 N–H and O–H groups in total. The number of nitrogens with one attached hydrogen (secondary N) is 1. The largest absolute Gasteiger partial charge is 0.491 e. The van der Waals surface area contributed by atoms with E-state index in [1.807, 2.05) is 24.3 Å². The maximum absolute atomic E-state index is 13.2. The van der Waals surface area contributed by atoms with Crippen LogP contribution >= 0.6 is 11.6 Å². The maximum Gasteiger partial charge on any atom is 0.234 e. The molecule has 2 aromatic carbocycles. The van der Waals surface area contributed by atoms with E-state index in [1.165, 1.54) is 12.1 Å². The van der Waals surface area contributed by atoms with Gasteiger partial charge in [-0.15, -0.1) is 0 Å². The predicted molar refractivity (Wildman–Crippen MR) is 122 cm³/mol. The molecule has 1 atom stereocenters. The molecule has 1 heterocycles. The first-order valence-corrected chi connectivity index (χ1v) is 11.2. The summed E-state index contributed by atoms with van der Waals surface area (Å²) in [6.07, 6.45) is 0. The first-order chi connectivity index (χ1) is 14.9. The Balaban J connectivity index is 1.40. The minimum absolute atomic E-state index is 0.00136. The van der Waals surface area contributed by atoms with Crippen molar-refractivity contribution in [1.82, 2.24) is 15.1 Å². The third-order valence-corrected chi connectivity index (χ3v) is 5.86. The number of para-hydroxylation sites is 1. The molecule has 0 spiro atoms. The second kappa shape index (κ2) is 11.5. The molecule has 1 saturated heterocycles. The SMILES string of the molecule is CC(C)C(NC(=O)CN1CCN(CCOc2ccccc2Cl)CC1)c1ccc(F)cc1. The fourth-order valence-electron chi connectivity index (χ4n) is 3.74. The van der Waals surface area contributed by atoms with Gasteiger partial charge in [-0.3, -0.25) is 14.6 Å². The molecular formula is C24H31ClFN3O2. The van der Waals surface area contributed by atoms with Crippen LogP contribution in [0.25, 0.3) is 0 Å². The first kappa shape index (κ1) is 23.5. The molecule has 1 unspecified atom stereocenters. The van der Waals surface area contributed by atoms with Gasteiger partial charge in [-0.05, 0) is 35.7 Å². The Morgan fingerprint density at radius 1 is 1.06 bits per heavy atom. The van der Waals surface area contributed by atoms with Crippen molar-refractivity contribution < 1.29 is 13.9 Å². The number of ether oxygens (including phenoxy) is 1. The summed E-state index contributed by atoms with van der Waals surface area (Å²) in [6.45, 7) is 9.34. The van der Waals surface area contributed by atoms with E-state index < -0.39 is 0 Å². The van der Waals surface area contributed by atoms with Crippen molar-refractivity contribution in [2.75, 3.05) is 45.9 Å². The van der Waals surface area contributed by atoms with E-state index in [0.29, 0.717) is 23.9 Å². The quantitative estimate of drug-likeness (QED) is 0.631. The Kier molecular flexibility index (Phi) is 8.69. The van der Waals surface area contributed by atoms with Gasteiger partial charge in [-0.1, -0.05) is 49.7 Å². The van der Waals surface area contributed by atoms with Gasteiger partial charge in [-0.25, -0.2) is 4.39 Å². The number of piperazine rings is 1. The third kappa shape index (κ3) is 7.20. The molecule has 0 aliphatic carbocycles. The van der Waals surface area contributed by atoms with Crippen LogP contribution in [-0.2, 0) is 4.79 Å². The highest BCUT2D eigenvalue weighted by Crippen LogP contribution is 2.23. The van der Waals surface area contributed by atoms with Crippen LogP contribution in [0.1, 0.15) is 25.5 Å². The average molecular weight is 448 g/mol. The summed E-state index contributed by atoms with van der Waals surface area (Å²) >= 11 is 6.11. The molecule has 3 rings (SSSR count). The average Bonchev–Trinajstić information content (AvgIpc) is 2.75. The van der Waals surface area contributed by atoms with Crippen molar-refractivity contribution in [3.05, 3.63) is 64.9 Å². The fraction of sp³-hybridized carbons (Fsp3) is 0.458. The van der Waals surface area contributed by atoms with Crippen LogP contribution in [0.3, 0.4) is 0 Å². The second-order valence-electron chi connectivity index (χ2n) is 8.24. The lowest BCUT2D eigenvalue weighted by atomic mass is 9.96. The lowest BCUT2D eigenvalue weighted by Crippen LogP contribution is -2.50. The van der Waals surface area contributed by atoms with Crippen molar-refractivity contribution in [1.29, 1.82) is 0 Å². The fourth-order valence-corrected chi connectivity index (χ4v) is 3.93. The molecule has 0 saturated carbocycles. The van der Waals surface area contributed by atoms with Gasteiger partial charge in [0.1, 0.15) is 18.2 Å². The summed E-state index contributed by atoms with van der Waals surface area (Å²) in [5.74, 6) is 0.649. The second-order valence-corrected chi connectivity index (χ2v) is 8.64. The number of hydrogen-bond donors (Lipinski definition) is 1. The zero-order valence-corrected chi connectivity index (χ0v) is 18.9. The van der Waals surface area contributed by atoms with Gasteiger partial charge in [-0.2, -0.15) is 0 Å². The molecule has 1 fully saturated rings. The lowest BCUT2D eigenvalue weighted by molar-refractivity contribution is -0.123. The first-order valence-electron chi connectivity index (χ1n) is 10.8. The Hall–Kier alpha value is -2.15. The minimum Gasteiger partial charge on any atom is -0.491 e. The van der Waals surface area contributed by atoms with Gasteiger partial charge in [0.15, 0.2) is 0 Å². The van der Waals surface area contributed by atoms with Crippen molar-refractivity contribution in [2.45, 2.75) is 19.9 Å². The minimum atomic E-state index is -0.271. The van der Waals surface area contributed by atoms with Crippen LogP contribution in [0.15, 0.2) is 48.5 Å². The molecule has 7 heteroatoms. The topological polar surface area (TPSA) is 44.8 Å². The van der Waals surface area contributed by atoms with E-state index in [2.05, 4.69) is 29.0 Å². The molecular weight excluding hydrogens is 417 g/mol. The van der Waals surface area contributed by atoms with Gasteiger partial charge in [0.25, 0.3) is 0 Å². The Morgan fingerprint density at radius 2 is 1.71 bits per heavy atom. The number of rotatable bonds is 9. The molecule has 168 valence electrons. The molecule has 0 aromatic heterocycles. The van der Waals surface area contributed by atoms with Gasteiger partial charge in [0, 0.05) is 32.7 Å². The number of nitrogens with zero attached hydrogens (tertiary/aromatic N) is 2. The van der Waals surface area contributed by atoms with Crippen molar-refractivity contribution >= 4 is 17.5 Å². The zero-order chi connectivity index (χ0) is 22.2. The van der Waals surface area contributed by atoms with Crippen LogP contribution in [0.2, 0.25) is 5.02 Å². The monoisotopic (exact) mass is 447 g/mol. The van der Waals surface area contributed by atoms with Gasteiger partial charge >= 0.3 is 0 Å². The predicted octanol–water partition coefficient (Wildman–Crippen LogP) is 3.99. The summed E-state index contributed by atoms with van der Waals surface area (Å²) in [4.78, 5) is 17.1. The van der Waals surface area contributed by atoms with Crippen LogP contribution in [0.4, 0.5) is 4.39 Å². The van der Waals surface area contributed by atoms with Crippen LogP contribution in [0, 0.1) is 11.7 Å². The summed E-state index contributed by atoms with van der Waals surface area (Å²) < 4.78 is 19.0. The van der Waals surface area contributed by atoms with Crippen molar-refractivity contribution in [3.63, 3.8) is 0 Å². The summed E-state index contributed by atoms with van der Waals surface area (Å²) in [7, 11) is 0. The Labute approximate surface area is 189 Å². The maximum atomic E-state index is 13.2.